The second-order valence-electron chi connectivity index (χ2n) is 6.93. The predicted molar refractivity (Wildman–Crippen MR) is 121 cm³/mol. The number of nitrogens with zero attached hydrogens (tertiary/aromatic N) is 3. The Morgan fingerprint density at radius 3 is 2.53 bits per heavy atom. The van der Waals surface area contributed by atoms with Gasteiger partial charge in [-0.25, -0.2) is 5.43 Å². The van der Waals surface area contributed by atoms with Gasteiger partial charge in [0.2, 0.25) is 0 Å². The minimum Gasteiger partial charge on any atom is -0.494 e. The highest BCUT2D eigenvalue weighted by Crippen LogP contribution is 2.31. The maximum Gasteiger partial charge on any atom is 0.273 e. The number of benzene rings is 2. The van der Waals surface area contributed by atoms with E-state index in [9.17, 15) is 14.9 Å². The Morgan fingerprint density at radius 1 is 1.19 bits per heavy atom. The van der Waals surface area contributed by atoms with Crippen LogP contribution in [0.1, 0.15) is 34.2 Å². The third-order valence-corrected chi connectivity index (χ3v) is 4.88. The van der Waals surface area contributed by atoms with Crippen LogP contribution >= 0.6 is 0 Å². The zero-order valence-electron chi connectivity index (χ0n) is 18.3. The van der Waals surface area contributed by atoms with Crippen molar-refractivity contribution in [3.8, 4) is 17.2 Å². The van der Waals surface area contributed by atoms with Crippen molar-refractivity contribution < 1.29 is 19.2 Å². The van der Waals surface area contributed by atoms with Gasteiger partial charge in [-0.05, 0) is 57.2 Å². The molecule has 9 heteroatoms. The average molecular weight is 436 g/mol. The van der Waals surface area contributed by atoms with Gasteiger partial charge in [-0.2, -0.15) is 5.10 Å². The molecule has 0 atom stereocenters. The van der Waals surface area contributed by atoms with E-state index >= 15 is 0 Å². The van der Waals surface area contributed by atoms with Crippen molar-refractivity contribution in [3.63, 3.8) is 0 Å². The van der Waals surface area contributed by atoms with E-state index in [0.717, 1.165) is 17.0 Å². The molecule has 1 N–H and O–H groups in total. The summed E-state index contributed by atoms with van der Waals surface area (Å²) in [7, 11) is 1.47. The normalized spacial score (nSPS) is 10.9. The summed E-state index contributed by atoms with van der Waals surface area (Å²) in [5.74, 6) is 0.741. The Balaban J connectivity index is 1.80. The monoisotopic (exact) mass is 436 g/mol. The number of ether oxygens (including phenoxy) is 2. The third kappa shape index (κ3) is 4.77. The van der Waals surface area contributed by atoms with Gasteiger partial charge in [0, 0.05) is 28.6 Å². The van der Waals surface area contributed by atoms with E-state index in [-0.39, 0.29) is 11.6 Å². The molecular formula is C23H24N4O5. The maximum atomic E-state index is 12.3. The molecule has 0 fully saturated rings. The molecule has 1 amide bonds. The minimum absolute atomic E-state index is 0.0492. The van der Waals surface area contributed by atoms with E-state index in [0.29, 0.717) is 29.4 Å². The van der Waals surface area contributed by atoms with Crippen molar-refractivity contribution in [3.05, 3.63) is 81.2 Å². The molecule has 3 rings (SSSR count). The molecule has 32 heavy (non-hydrogen) atoms. The zero-order valence-corrected chi connectivity index (χ0v) is 18.3. The maximum absolute atomic E-state index is 12.3. The summed E-state index contributed by atoms with van der Waals surface area (Å²) in [6, 6.07) is 13.2. The Morgan fingerprint density at radius 2 is 1.91 bits per heavy atom. The lowest BCUT2D eigenvalue weighted by atomic mass is 10.2. The first-order valence-electron chi connectivity index (χ1n) is 9.93. The van der Waals surface area contributed by atoms with E-state index in [4.69, 9.17) is 9.47 Å². The number of hydrogen-bond donors (Lipinski definition) is 1. The largest absolute Gasteiger partial charge is 0.494 e. The molecule has 1 aromatic heterocycles. The SMILES string of the molecule is CCOc1ccc(C(=O)N/N=C/c2cc(C)n(-c3ccc([N+](=O)[O-])cc3OC)c2C)cc1. The molecule has 2 aromatic carbocycles. The van der Waals surface area contributed by atoms with Crippen LogP contribution in [0.15, 0.2) is 53.6 Å². The molecule has 166 valence electrons. The Bertz CT molecular complexity index is 1170. The zero-order chi connectivity index (χ0) is 23.3. The number of aryl methyl sites for hydroxylation is 1. The van der Waals surface area contributed by atoms with Crippen molar-refractivity contribution in [2.45, 2.75) is 20.8 Å². The summed E-state index contributed by atoms with van der Waals surface area (Å²) in [5.41, 5.74) is 6.12. The van der Waals surface area contributed by atoms with Crippen LogP contribution in [0.5, 0.6) is 11.5 Å². The Hall–Kier alpha value is -4.14. The van der Waals surface area contributed by atoms with Crippen LogP contribution in [0.25, 0.3) is 5.69 Å². The summed E-state index contributed by atoms with van der Waals surface area (Å²) in [4.78, 5) is 22.9. The highest BCUT2D eigenvalue weighted by atomic mass is 16.6. The van der Waals surface area contributed by atoms with Crippen molar-refractivity contribution >= 4 is 17.8 Å². The van der Waals surface area contributed by atoms with E-state index < -0.39 is 4.92 Å². The highest BCUT2D eigenvalue weighted by molar-refractivity contribution is 5.95. The Kier molecular flexibility index (Phi) is 6.89. The van der Waals surface area contributed by atoms with E-state index in [1.807, 2.05) is 31.4 Å². The first-order valence-corrected chi connectivity index (χ1v) is 9.93. The van der Waals surface area contributed by atoms with Crippen molar-refractivity contribution in [1.82, 2.24) is 9.99 Å². The number of methoxy groups -OCH3 is 1. The van der Waals surface area contributed by atoms with Crippen LogP contribution in [0.4, 0.5) is 5.69 Å². The summed E-state index contributed by atoms with van der Waals surface area (Å²) >= 11 is 0. The lowest BCUT2D eigenvalue weighted by Crippen LogP contribution is -2.17. The molecule has 1 heterocycles. The lowest BCUT2D eigenvalue weighted by Gasteiger charge is -2.13. The van der Waals surface area contributed by atoms with Crippen LogP contribution in [0, 0.1) is 24.0 Å². The first kappa shape index (κ1) is 22.5. The topological polar surface area (TPSA) is 108 Å². The number of hydrazone groups is 1. The smallest absolute Gasteiger partial charge is 0.273 e. The van der Waals surface area contributed by atoms with E-state index in [2.05, 4.69) is 10.5 Å². The fraction of sp³-hybridized carbons (Fsp3) is 0.217. The molecule has 0 radical (unpaired) electrons. The fourth-order valence-electron chi connectivity index (χ4n) is 3.35. The highest BCUT2D eigenvalue weighted by Gasteiger charge is 2.17. The standard InChI is InChI=1S/C23H24N4O5/c1-5-32-20-9-6-17(7-10-20)23(28)25-24-14-18-12-15(2)26(16(18)3)21-11-8-19(27(29)30)13-22(21)31-4/h6-14H,5H2,1-4H3,(H,25,28)/b24-14+. The van der Waals surface area contributed by atoms with Crippen molar-refractivity contribution in [2.75, 3.05) is 13.7 Å². The fourth-order valence-corrected chi connectivity index (χ4v) is 3.35. The summed E-state index contributed by atoms with van der Waals surface area (Å²) < 4.78 is 12.7. The van der Waals surface area contributed by atoms with Crippen molar-refractivity contribution in [2.24, 2.45) is 5.10 Å². The van der Waals surface area contributed by atoms with Gasteiger partial charge in [-0.3, -0.25) is 14.9 Å². The molecule has 0 bridgehead atoms. The van der Waals surface area contributed by atoms with Crippen LogP contribution < -0.4 is 14.9 Å². The molecule has 0 saturated carbocycles. The van der Waals surface area contributed by atoms with Crippen LogP contribution in [-0.4, -0.2) is 35.3 Å². The summed E-state index contributed by atoms with van der Waals surface area (Å²) in [6.07, 6.45) is 1.56. The third-order valence-electron chi connectivity index (χ3n) is 4.88. The summed E-state index contributed by atoms with van der Waals surface area (Å²) in [5, 5.41) is 15.1. The number of aromatic nitrogens is 1. The second kappa shape index (κ2) is 9.78. The Labute approximate surface area is 185 Å². The quantitative estimate of drug-likeness (QED) is 0.324. The first-order chi connectivity index (χ1) is 15.3. The number of nitrogens with one attached hydrogen (secondary N) is 1. The van der Waals surface area contributed by atoms with Gasteiger partial charge in [0.05, 0.1) is 36.6 Å². The summed E-state index contributed by atoms with van der Waals surface area (Å²) in [6.45, 7) is 6.25. The van der Waals surface area contributed by atoms with E-state index in [1.165, 1.54) is 19.2 Å². The minimum atomic E-state index is -0.465. The molecule has 0 unspecified atom stereocenters. The number of carbonyl (C=O) groups is 1. The van der Waals surface area contributed by atoms with Gasteiger partial charge in [-0.1, -0.05) is 0 Å². The van der Waals surface area contributed by atoms with Crippen LogP contribution in [0.3, 0.4) is 0 Å². The molecule has 9 nitrogen and oxygen atoms in total. The molecule has 0 saturated heterocycles. The van der Waals surface area contributed by atoms with Gasteiger partial charge in [0.25, 0.3) is 11.6 Å². The number of non-ortho nitro benzene ring substituents is 1. The molecule has 0 aliphatic carbocycles. The number of nitro benzene ring substituents is 1. The van der Waals surface area contributed by atoms with Gasteiger partial charge in [0.15, 0.2) is 0 Å². The number of amides is 1. The van der Waals surface area contributed by atoms with Crippen molar-refractivity contribution in [1.29, 1.82) is 0 Å². The van der Waals surface area contributed by atoms with E-state index in [1.54, 1.807) is 36.5 Å². The average Bonchev–Trinajstić information content (AvgIpc) is 3.06. The number of rotatable bonds is 8. The predicted octanol–water partition coefficient (Wildman–Crippen LogP) is 4.17. The molecular weight excluding hydrogens is 412 g/mol. The van der Waals surface area contributed by atoms with Gasteiger partial charge in [-0.15, -0.1) is 0 Å². The second-order valence-corrected chi connectivity index (χ2v) is 6.93. The van der Waals surface area contributed by atoms with Crippen LogP contribution in [0.2, 0.25) is 0 Å². The lowest BCUT2D eigenvalue weighted by molar-refractivity contribution is -0.384. The number of nitro groups is 1. The number of hydrogen-bond acceptors (Lipinski definition) is 6. The van der Waals surface area contributed by atoms with Crippen LogP contribution in [-0.2, 0) is 0 Å². The number of carbonyl (C=O) groups excluding carboxylic acids is 1. The molecule has 0 aliphatic rings. The molecule has 3 aromatic rings. The van der Waals surface area contributed by atoms with Gasteiger partial charge >= 0.3 is 0 Å². The van der Waals surface area contributed by atoms with Gasteiger partial charge < -0.3 is 14.0 Å². The molecule has 0 spiro atoms. The molecule has 0 aliphatic heterocycles. The van der Waals surface area contributed by atoms with Gasteiger partial charge in [0.1, 0.15) is 11.5 Å².